The van der Waals surface area contributed by atoms with Crippen molar-refractivity contribution in [1.29, 1.82) is 0 Å². The number of hydrogen-bond acceptors (Lipinski definition) is 3. The lowest BCUT2D eigenvalue weighted by Gasteiger charge is -2.20. The third-order valence-electron chi connectivity index (χ3n) is 4.35. The van der Waals surface area contributed by atoms with Crippen molar-refractivity contribution in [2.75, 3.05) is 18.4 Å². The molecule has 2 rings (SSSR count). The third-order valence-corrected chi connectivity index (χ3v) is 4.35. The van der Waals surface area contributed by atoms with E-state index in [9.17, 15) is 4.79 Å². The summed E-state index contributed by atoms with van der Waals surface area (Å²) >= 11 is 0. The highest BCUT2D eigenvalue weighted by atomic mass is 35.5. The molecule has 1 fully saturated rings. The van der Waals surface area contributed by atoms with Gasteiger partial charge in [-0.1, -0.05) is 38.8 Å². The highest BCUT2D eigenvalue weighted by molar-refractivity contribution is 5.94. The van der Waals surface area contributed by atoms with Crippen LogP contribution in [0.4, 0.5) is 5.69 Å². The lowest BCUT2D eigenvalue weighted by atomic mass is 10.0. The van der Waals surface area contributed by atoms with E-state index in [0.29, 0.717) is 0 Å². The monoisotopic (exact) mass is 339 g/mol. The Morgan fingerprint density at radius 3 is 2.22 bits per heavy atom. The van der Waals surface area contributed by atoms with Crippen LogP contribution in [-0.4, -0.2) is 29.9 Å². The number of nitrogens with one attached hydrogen (secondary N) is 1. The minimum Gasteiger partial charge on any atom is -0.325 e. The van der Waals surface area contributed by atoms with E-state index in [4.69, 9.17) is 5.73 Å². The van der Waals surface area contributed by atoms with Crippen LogP contribution >= 0.6 is 12.4 Å². The maximum Gasteiger partial charge on any atom is 0.241 e. The first kappa shape index (κ1) is 19.9. The van der Waals surface area contributed by atoms with Crippen LogP contribution in [0, 0.1) is 5.92 Å². The average molecular weight is 340 g/mol. The van der Waals surface area contributed by atoms with Gasteiger partial charge in [-0.05, 0) is 49.5 Å². The second kappa shape index (κ2) is 9.91. The van der Waals surface area contributed by atoms with E-state index in [1.54, 1.807) is 0 Å². The van der Waals surface area contributed by atoms with E-state index in [2.05, 4.69) is 22.3 Å². The first-order valence-electron chi connectivity index (χ1n) is 8.44. The van der Waals surface area contributed by atoms with Crippen molar-refractivity contribution >= 4 is 24.0 Å². The normalized spacial score (nSPS) is 17.2. The molecule has 130 valence electrons. The van der Waals surface area contributed by atoms with Gasteiger partial charge in [-0.2, -0.15) is 0 Å². The highest BCUT2D eigenvalue weighted by Crippen LogP contribution is 2.15. The number of halogens is 1. The SMILES string of the molecule is CC(C)[C@H](N)C(=O)Nc1ccc(CN2CCCCCC2)cc1.Cl. The molecular weight excluding hydrogens is 310 g/mol. The molecule has 1 aromatic carbocycles. The molecule has 1 aromatic rings. The number of amides is 1. The number of nitrogens with two attached hydrogens (primary N) is 1. The first-order chi connectivity index (χ1) is 10.6. The van der Waals surface area contributed by atoms with Gasteiger partial charge in [-0.15, -0.1) is 12.4 Å². The van der Waals surface area contributed by atoms with Crippen molar-refractivity contribution in [2.24, 2.45) is 11.7 Å². The summed E-state index contributed by atoms with van der Waals surface area (Å²) in [5, 5.41) is 2.89. The van der Waals surface area contributed by atoms with Crippen molar-refractivity contribution in [2.45, 2.75) is 52.1 Å². The molecule has 1 heterocycles. The number of nitrogens with zero attached hydrogens (tertiary/aromatic N) is 1. The number of anilines is 1. The molecule has 0 radical (unpaired) electrons. The topological polar surface area (TPSA) is 58.4 Å². The summed E-state index contributed by atoms with van der Waals surface area (Å²) in [7, 11) is 0. The summed E-state index contributed by atoms with van der Waals surface area (Å²) in [6.45, 7) is 7.30. The molecule has 1 amide bonds. The molecule has 23 heavy (non-hydrogen) atoms. The van der Waals surface area contributed by atoms with Gasteiger partial charge in [0, 0.05) is 12.2 Å². The number of hydrogen-bond donors (Lipinski definition) is 2. The van der Waals surface area contributed by atoms with Crippen LogP contribution in [0.3, 0.4) is 0 Å². The largest absolute Gasteiger partial charge is 0.325 e. The Morgan fingerprint density at radius 1 is 1.13 bits per heavy atom. The zero-order chi connectivity index (χ0) is 15.9. The standard InChI is InChI=1S/C18H29N3O.ClH/c1-14(2)17(19)18(22)20-16-9-7-15(8-10-16)13-21-11-5-3-4-6-12-21;/h7-10,14,17H,3-6,11-13,19H2,1-2H3,(H,20,22);1H/t17-;/m0./s1. The van der Waals surface area contributed by atoms with Crippen LogP contribution in [0.25, 0.3) is 0 Å². The molecule has 4 nitrogen and oxygen atoms in total. The van der Waals surface area contributed by atoms with Gasteiger partial charge in [0.05, 0.1) is 6.04 Å². The van der Waals surface area contributed by atoms with Crippen LogP contribution in [-0.2, 0) is 11.3 Å². The maximum absolute atomic E-state index is 11.9. The van der Waals surface area contributed by atoms with Gasteiger partial charge in [0.2, 0.25) is 5.91 Å². The fourth-order valence-electron chi connectivity index (χ4n) is 2.77. The molecule has 3 N–H and O–H groups in total. The summed E-state index contributed by atoms with van der Waals surface area (Å²) in [6, 6.07) is 7.68. The first-order valence-corrected chi connectivity index (χ1v) is 8.44. The van der Waals surface area contributed by atoms with E-state index in [1.807, 2.05) is 26.0 Å². The lowest BCUT2D eigenvalue weighted by Crippen LogP contribution is -2.39. The molecule has 1 atom stereocenters. The molecule has 0 unspecified atom stereocenters. The van der Waals surface area contributed by atoms with E-state index < -0.39 is 6.04 Å². The highest BCUT2D eigenvalue weighted by Gasteiger charge is 2.17. The Kier molecular flexibility index (Phi) is 8.59. The zero-order valence-corrected chi connectivity index (χ0v) is 15.1. The molecule has 1 saturated heterocycles. The Hall–Kier alpha value is -1.10. The maximum atomic E-state index is 11.9. The van der Waals surface area contributed by atoms with Crippen molar-refractivity contribution in [3.8, 4) is 0 Å². The predicted octanol–water partition coefficient (Wildman–Crippen LogP) is 3.41. The molecule has 1 aliphatic heterocycles. The quantitative estimate of drug-likeness (QED) is 0.864. The van der Waals surface area contributed by atoms with Gasteiger partial charge in [0.15, 0.2) is 0 Å². The lowest BCUT2D eigenvalue weighted by molar-refractivity contribution is -0.118. The molecule has 0 aromatic heterocycles. The fourth-order valence-corrected chi connectivity index (χ4v) is 2.77. The Bertz CT molecular complexity index is 468. The van der Waals surface area contributed by atoms with Gasteiger partial charge in [0.25, 0.3) is 0 Å². The van der Waals surface area contributed by atoms with Crippen LogP contribution < -0.4 is 11.1 Å². The Labute approximate surface area is 146 Å². The third kappa shape index (κ3) is 6.50. The summed E-state index contributed by atoms with van der Waals surface area (Å²) in [5.41, 5.74) is 7.98. The molecular formula is C18H30ClN3O. The summed E-state index contributed by atoms with van der Waals surface area (Å²) < 4.78 is 0. The van der Waals surface area contributed by atoms with Crippen molar-refractivity contribution in [1.82, 2.24) is 4.90 Å². The molecule has 0 aliphatic carbocycles. The van der Waals surface area contributed by atoms with Crippen LogP contribution in [0.15, 0.2) is 24.3 Å². The van der Waals surface area contributed by atoms with Crippen molar-refractivity contribution in [3.05, 3.63) is 29.8 Å². The second-order valence-electron chi connectivity index (χ2n) is 6.65. The van der Waals surface area contributed by atoms with E-state index in [-0.39, 0.29) is 24.2 Å². The molecule has 1 aliphatic rings. The zero-order valence-electron chi connectivity index (χ0n) is 14.3. The number of carbonyl (C=O) groups excluding carboxylic acids is 1. The van der Waals surface area contributed by atoms with Crippen molar-refractivity contribution in [3.63, 3.8) is 0 Å². The van der Waals surface area contributed by atoms with E-state index in [0.717, 1.165) is 12.2 Å². The Morgan fingerprint density at radius 2 is 1.70 bits per heavy atom. The number of benzene rings is 1. The number of rotatable bonds is 5. The van der Waals surface area contributed by atoms with E-state index >= 15 is 0 Å². The fraction of sp³-hybridized carbons (Fsp3) is 0.611. The number of carbonyl (C=O) groups is 1. The summed E-state index contributed by atoms with van der Waals surface area (Å²) in [5.74, 6) is 0.0255. The molecule has 0 bridgehead atoms. The van der Waals surface area contributed by atoms with Gasteiger partial charge >= 0.3 is 0 Å². The molecule has 5 heteroatoms. The molecule has 0 saturated carbocycles. The smallest absolute Gasteiger partial charge is 0.241 e. The number of likely N-dealkylation sites (tertiary alicyclic amines) is 1. The minimum absolute atomic E-state index is 0. The van der Waals surface area contributed by atoms with Gasteiger partial charge in [-0.25, -0.2) is 0 Å². The predicted molar refractivity (Wildman–Crippen MR) is 98.9 cm³/mol. The van der Waals surface area contributed by atoms with E-state index in [1.165, 1.54) is 44.3 Å². The van der Waals surface area contributed by atoms with Gasteiger partial charge in [0.1, 0.15) is 0 Å². The van der Waals surface area contributed by atoms with Crippen LogP contribution in [0.5, 0.6) is 0 Å². The summed E-state index contributed by atoms with van der Waals surface area (Å²) in [4.78, 5) is 14.5. The van der Waals surface area contributed by atoms with Crippen LogP contribution in [0.1, 0.15) is 45.1 Å². The van der Waals surface area contributed by atoms with Crippen LogP contribution in [0.2, 0.25) is 0 Å². The van der Waals surface area contributed by atoms with Crippen molar-refractivity contribution < 1.29 is 4.79 Å². The Balaban J connectivity index is 0.00000264. The summed E-state index contributed by atoms with van der Waals surface area (Å²) in [6.07, 6.45) is 5.33. The van der Waals surface area contributed by atoms with Gasteiger partial charge in [-0.3, -0.25) is 9.69 Å². The molecule has 0 spiro atoms. The van der Waals surface area contributed by atoms with Gasteiger partial charge < -0.3 is 11.1 Å². The minimum atomic E-state index is -0.461. The average Bonchev–Trinajstić information content (AvgIpc) is 2.77. The second-order valence-corrected chi connectivity index (χ2v) is 6.65.